The molecule has 0 aliphatic heterocycles. The highest BCUT2D eigenvalue weighted by atomic mass is 79.9. The zero-order chi connectivity index (χ0) is 10.9. The second-order valence-corrected chi connectivity index (χ2v) is 6.59. The van der Waals surface area contributed by atoms with Crippen LogP contribution in [0.2, 0.25) is 0 Å². The van der Waals surface area contributed by atoms with Crippen LogP contribution in [0.3, 0.4) is 0 Å². The fourth-order valence-corrected chi connectivity index (χ4v) is 2.71. The van der Waals surface area contributed by atoms with E-state index >= 15 is 0 Å². The molecule has 82 valence electrons. The minimum Gasteiger partial charge on any atom is -0.389 e. The summed E-state index contributed by atoms with van der Waals surface area (Å²) in [5, 5.41) is 10.4. The zero-order valence-corrected chi connectivity index (χ0v) is 12.2. The molecular formula is C10H15Br2ClO. The summed E-state index contributed by atoms with van der Waals surface area (Å²) >= 11 is 13.0. The first kappa shape index (κ1) is 13.0. The van der Waals surface area contributed by atoms with E-state index in [2.05, 4.69) is 51.8 Å². The van der Waals surface area contributed by atoms with E-state index in [4.69, 9.17) is 11.6 Å². The van der Waals surface area contributed by atoms with Gasteiger partial charge in [-0.25, -0.2) is 0 Å². The number of aliphatic hydroxyl groups is 1. The van der Waals surface area contributed by atoms with E-state index in [0.29, 0.717) is 10.2 Å². The monoisotopic (exact) mass is 344 g/mol. The van der Waals surface area contributed by atoms with Gasteiger partial charge >= 0.3 is 0 Å². The topological polar surface area (TPSA) is 20.2 Å². The molecule has 0 saturated heterocycles. The summed E-state index contributed by atoms with van der Waals surface area (Å²) < 4.78 is 0. The molecule has 0 aromatic carbocycles. The van der Waals surface area contributed by atoms with E-state index in [0.717, 1.165) is 12.0 Å². The maximum absolute atomic E-state index is 9.87. The Morgan fingerprint density at radius 3 is 2.79 bits per heavy atom. The molecule has 0 bridgehead atoms. The van der Waals surface area contributed by atoms with Gasteiger partial charge in [-0.05, 0) is 17.4 Å². The highest BCUT2D eigenvalue weighted by Gasteiger charge is 2.35. The van der Waals surface area contributed by atoms with Crippen LogP contribution >= 0.6 is 43.5 Å². The van der Waals surface area contributed by atoms with Crippen molar-refractivity contribution in [3.8, 4) is 0 Å². The van der Waals surface area contributed by atoms with Crippen molar-refractivity contribution in [2.75, 3.05) is 5.33 Å². The van der Waals surface area contributed by atoms with Gasteiger partial charge in [-0.3, -0.25) is 0 Å². The Hall–Kier alpha value is 0.950. The van der Waals surface area contributed by atoms with Crippen LogP contribution in [0.1, 0.15) is 20.3 Å². The van der Waals surface area contributed by atoms with Crippen molar-refractivity contribution in [3.63, 3.8) is 0 Å². The lowest BCUT2D eigenvalue weighted by atomic mass is 9.77. The number of aliphatic hydroxyl groups excluding tert-OH is 1. The molecule has 0 heterocycles. The van der Waals surface area contributed by atoms with E-state index in [1.54, 1.807) is 0 Å². The van der Waals surface area contributed by atoms with Crippen LogP contribution in [-0.4, -0.2) is 26.7 Å². The van der Waals surface area contributed by atoms with Crippen LogP contribution in [-0.2, 0) is 0 Å². The molecule has 0 spiro atoms. The van der Waals surface area contributed by atoms with Gasteiger partial charge in [0.25, 0.3) is 0 Å². The van der Waals surface area contributed by atoms with Gasteiger partial charge in [0.2, 0.25) is 0 Å². The summed E-state index contributed by atoms with van der Waals surface area (Å²) in [6.45, 7) is 4.30. The van der Waals surface area contributed by atoms with Gasteiger partial charge in [0.15, 0.2) is 0 Å². The van der Waals surface area contributed by atoms with Crippen LogP contribution in [0.15, 0.2) is 11.6 Å². The van der Waals surface area contributed by atoms with Crippen molar-refractivity contribution in [1.29, 1.82) is 0 Å². The van der Waals surface area contributed by atoms with Gasteiger partial charge in [-0.15, -0.1) is 11.6 Å². The Morgan fingerprint density at radius 1 is 1.71 bits per heavy atom. The molecule has 0 radical (unpaired) electrons. The summed E-state index contributed by atoms with van der Waals surface area (Å²) in [4.78, 5) is 0.313. The van der Waals surface area contributed by atoms with E-state index in [9.17, 15) is 5.11 Å². The van der Waals surface area contributed by atoms with Crippen LogP contribution in [0.4, 0.5) is 0 Å². The van der Waals surface area contributed by atoms with E-state index in [1.165, 1.54) is 0 Å². The van der Waals surface area contributed by atoms with Gasteiger partial charge in [0.05, 0.1) is 11.5 Å². The summed E-state index contributed by atoms with van der Waals surface area (Å²) in [5.41, 5.74) is 1.01. The van der Waals surface area contributed by atoms with Crippen LogP contribution in [0, 0.1) is 5.41 Å². The first-order valence-corrected chi connectivity index (χ1v) is 7.10. The molecule has 3 unspecified atom stereocenters. The molecule has 1 rings (SSSR count). The minimum atomic E-state index is -0.410. The summed E-state index contributed by atoms with van der Waals surface area (Å²) in [5.74, 6) is 0. The molecule has 0 saturated carbocycles. The summed E-state index contributed by atoms with van der Waals surface area (Å²) in [6.07, 6.45) is 2.42. The maximum atomic E-state index is 9.87. The highest BCUT2D eigenvalue weighted by molar-refractivity contribution is 9.09. The second-order valence-electron chi connectivity index (χ2n) is 4.31. The molecule has 1 N–H and O–H groups in total. The quantitative estimate of drug-likeness (QED) is 0.600. The predicted octanol–water partition coefficient (Wildman–Crippen LogP) is 3.47. The molecule has 0 aromatic rings. The second kappa shape index (κ2) is 4.86. The zero-order valence-electron chi connectivity index (χ0n) is 8.30. The smallest absolute Gasteiger partial charge is 0.0775 e. The SMILES string of the molecule is CC1(C)C=C(C(Cl)CBr)C(O)CC1Br. The molecular weight excluding hydrogens is 331 g/mol. The number of allylic oxidation sites excluding steroid dienone is 1. The normalized spacial score (nSPS) is 33.7. The third-order valence-corrected chi connectivity index (χ3v) is 5.64. The van der Waals surface area contributed by atoms with Crippen molar-refractivity contribution < 1.29 is 5.11 Å². The molecule has 1 aliphatic carbocycles. The molecule has 4 heteroatoms. The van der Waals surface area contributed by atoms with Crippen LogP contribution < -0.4 is 0 Å². The van der Waals surface area contributed by atoms with Gasteiger partial charge in [-0.2, -0.15) is 0 Å². The fourth-order valence-electron chi connectivity index (χ4n) is 1.64. The minimum absolute atomic E-state index is 0.0594. The third-order valence-electron chi connectivity index (χ3n) is 2.66. The number of rotatable bonds is 2. The first-order chi connectivity index (χ1) is 6.38. The van der Waals surface area contributed by atoms with Crippen molar-refractivity contribution in [1.82, 2.24) is 0 Å². The van der Waals surface area contributed by atoms with Crippen molar-refractivity contribution >= 4 is 43.5 Å². The number of hydrogen-bond acceptors (Lipinski definition) is 1. The molecule has 3 atom stereocenters. The molecule has 1 aliphatic rings. The first-order valence-electron chi connectivity index (χ1n) is 4.63. The van der Waals surface area contributed by atoms with E-state index < -0.39 is 6.10 Å². The predicted molar refractivity (Wildman–Crippen MR) is 68.6 cm³/mol. The summed E-state index contributed by atoms with van der Waals surface area (Å²) in [6, 6.07) is 0. The van der Waals surface area contributed by atoms with E-state index in [-0.39, 0.29) is 10.8 Å². The molecule has 0 fully saturated rings. The standard InChI is InChI=1S/C10H15Br2ClO/c1-10(2)4-6(7(13)5-11)8(14)3-9(10)12/h4,7-9,14H,3,5H2,1-2H3. The molecule has 1 nitrogen and oxygen atoms in total. The van der Waals surface area contributed by atoms with Crippen molar-refractivity contribution in [2.45, 2.75) is 36.6 Å². The average molecular weight is 346 g/mol. The Labute approximate surface area is 107 Å². The fraction of sp³-hybridized carbons (Fsp3) is 0.800. The van der Waals surface area contributed by atoms with Crippen molar-refractivity contribution in [2.24, 2.45) is 5.41 Å². The van der Waals surface area contributed by atoms with Gasteiger partial charge in [-0.1, -0.05) is 51.8 Å². The van der Waals surface area contributed by atoms with Crippen molar-refractivity contribution in [3.05, 3.63) is 11.6 Å². The lowest BCUT2D eigenvalue weighted by Crippen LogP contribution is -2.36. The lowest BCUT2D eigenvalue weighted by molar-refractivity contribution is 0.170. The number of halogens is 3. The Kier molecular flexibility index (Phi) is 4.51. The Balaban J connectivity index is 2.93. The molecule has 14 heavy (non-hydrogen) atoms. The number of hydrogen-bond donors (Lipinski definition) is 1. The number of alkyl halides is 3. The maximum Gasteiger partial charge on any atom is 0.0775 e. The lowest BCUT2D eigenvalue weighted by Gasteiger charge is -2.37. The molecule has 0 amide bonds. The van der Waals surface area contributed by atoms with Gasteiger partial charge in [0.1, 0.15) is 0 Å². The van der Waals surface area contributed by atoms with Crippen LogP contribution in [0.25, 0.3) is 0 Å². The Bertz CT molecular complexity index is 240. The Morgan fingerprint density at radius 2 is 2.29 bits per heavy atom. The van der Waals surface area contributed by atoms with Gasteiger partial charge in [0, 0.05) is 10.2 Å². The molecule has 0 aromatic heterocycles. The van der Waals surface area contributed by atoms with Gasteiger partial charge < -0.3 is 5.11 Å². The highest BCUT2D eigenvalue weighted by Crippen LogP contribution is 2.40. The van der Waals surface area contributed by atoms with Crippen LogP contribution in [0.5, 0.6) is 0 Å². The van der Waals surface area contributed by atoms with E-state index in [1.807, 2.05) is 0 Å². The summed E-state index contributed by atoms with van der Waals surface area (Å²) in [7, 11) is 0. The third kappa shape index (κ3) is 2.75. The largest absolute Gasteiger partial charge is 0.389 e. The average Bonchev–Trinajstić information content (AvgIpc) is 2.10.